The van der Waals surface area contributed by atoms with Gasteiger partial charge < -0.3 is 10.4 Å². The van der Waals surface area contributed by atoms with E-state index in [1.54, 1.807) is 13.8 Å². The van der Waals surface area contributed by atoms with Crippen LogP contribution in [0, 0.1) is 0 Å². The summed E-state index contributed by atoms with van der Waals surface area (Å²) in [6.07, 6.45) is 1.32. The zero-order valence-corrected chi connectivity index (χ0v) is 7.53. The first-order valence-electron chi connectivity index (χ1n) is 3.85. The van der Waals surface area contributed by atoms with Crippen LogP contribution in [0.3, 0.4) is 0 Å². The number of nitrogens with one attached hydrogen (secondary N) is 2. The molecule has 0 bridgehead atoms. The highest BCUT2D eigenvalue weighted by molar-refractivity contribution is 5.91. The van der Waals surface area contributed by atoms with Gasteiger partial charge in [-0.15, -0.1) is 0 Å². The fourth-order valence-corrected chi connectivity index (χ4v) is 0.698. The lowest BCUT2D eigenvalue weighted by Gasteiger charge is -2.16. The maximum absolute atomic E-state index is 11.2. The van der Waals surface area contributed by atoms with Crippen LogP contribution in [0.1, 0.15) is 24.3 Å². The average Bonchev–Trinajstić information content (AvgIpc) is 2.50. The van der Waals surface area contributed by atoms with Crippen molar-refractivity contribution in [1.29, 1.82) is 0 Å². The van der Waals surface area contributed by atoms with Crippen molar-refractivity contribution in [3.8, 4) is 0 Å². The minimum Gasteiger partial charge on any atom is -0.389 e. The molecule has 0 aromatic carbocycles. The van der Waals surface area contributed by atoms with Crippen molar-refractivity contribution in [1.82, 2.24) is 20.7 Å². The van der Waals surface area contributed by atoms with Gasteiger partial charge in [0.2, 0.25) is 0 Å². The van der Waals surface area contributed by atoms with Crippen molar-refractivity contribution in [2.24, 2.45) is 0 Å². The third-order valence-electron chi connectivity index (χ3n) is 1.33. The Balaban J connectivity index is 2.44. The van der Waals surface area contributed by atoms with Crippen LogP contribution in [0.5, 0.6) is 0 Å². The largest absolute Gasteiger partial charge is 0.389 e. The number of nitrogens with zero attached hydrogens (tertiary/aromatic N) is 2. The van der Waals surface area contributed by atoms with Crippen LogP contribution in [0.4, 0.5) is 0 Å². The lowest BCUT2D eigenvalue weighted by molar-refractivity contribution is 0.0692. The van der Waals surface area contributed by atoms with Crippen LogP contribution >= 0.6 is 0 Å². The van der Waals surface area contributed by atoms with Gasteiger partial charge in [0.1, 0.15) is 0 Å². The van der Waals surface area contributed by atoms with E-state index in [0.29, 0.717) is 0 Å². The smallest absolute Gasteiger partial charge is 0.273 e. The third-order valence-corrected chi connectivity index (χ3v) is 1.33. The first-order valence-corrected chi connectivity index (χ1v) is 3.85. The molecule has 0 saturated heterocycles. The predicted octanol–water partition coefficient (Wildman–Crippen LogP) is -0.695. The van der Waals surface area contributed by atoms with Gasteiger partial charge in [0.25, 0.3) is 5.91 Å². The van der Waals surface area contributed by atoms with E-state index < -0.39 is 5.60 Å². The molecule has 0 radical (unpaired) electrons. The Labute approximate surface area is 75.3 Å². The van der Waals surface area contributed by atoms with Crippen LogP contribution in [-0.4, -0.2) is 38.6 Å². The van der Waals surface area contributed by atoms with Gasteiger partial charge in [-0.25, -0.2) is 0 Å². The molecule has 1 aromatic heterocycles. The van der Waals surface area contributed by atoms with Crippen molar-refractivity contribution in [2.45, 2.75) is 19.4 Å². The number of amides is 1. The normalized spacial score (nSPS) is 11.3. The summed E-state index contributed by atoms with van der Waals surface area (Å²) in [4.78, 5) is 11.2. The lowest BCUT2D eigenvalue weighted by Crippen LogP contribution is -2.38. The Morgan fingerprint density at radius 2 is 2.46 bits per heavy atom. The number of H-pyrrole nitrogens is 1. The summed E-state index contributed by atoms with van der Waals surface area (Å²) >= 11 is 0. The first-order chi connectivity index (χ1) is 5.99. The van der Waals surface area contributed by atoms with E-state index in [-0.39, 0.29) is 18.1 Å². The molecule has 13 heavy (non-hydrogen) atoms. The molecule has 3 N–H and O–H groups in total. The third kappa shape index (κ3) is 3.20. The highest BCUT2D eigenvalue weighted by atomic mass is 16.3. The summed E-state index contributed by atoms with van der Waals surface area (Å²) in [6.45, 7) is 3.39. The monoisotopic (exact) mass is 184 g/mol. The number of aromatic nitrogens is 3. The summed E-state index contributed by atoms with van der Waals surface area (Å²) in [5, 5.41) is 21.2. The summed E-state index contributed by atoms with van der Waals surface area (Å²) in [7, 11) is 0. The van der Waals surface area contributed by atoms with Gasteiger partial charge in [0.05, 0.1) is 11.8 Å². The molecule has 0 fully saturated rings. The van der Waals surface area contributed by atoms with Crippen molar-refractivity contribution < 1.29 is 9.90 Å². The summed E-state index contributed by atoms with van der Waals surface area (Å²) in [5.41, 5.74) is -0.705. The van der Waals surface area contributed by atoms with Gasteiger partial charge in [-0.2, -0.15) is 15.4 Å². The van der Waals surface area contributed by atoms with E-state index in [4.69, 9.17) is 0 Å². The molecule has 0 saturated carbocycles. The predicted molar refractivity (Wildman–Crippen MR) is 45.0 cm³/mol. The van der Waals surface area contributed by atoms with E-state index in [2.05, 4.69) is 20.7 Å². The molecule has 72 valence electrons. The number of hydrogen-bond acceptors (Lipinski definition) is 4. The quantitative estimate of drug-likeness (QED) is 0.579. The van der Waals surface area contributed by atoms with Crippen molar-refractivity contribution in [2.75, 3.05) is 6.54 Å². The van der Waals surface area contributed by atoms with Crippen molar-refractivity contribution in [3.05, 3.63) is 11.9 Å². The van der Waals surface area contributed by atoms with E-state index in [1.165, 1.54) is 6.20 Å². The zero-order valence-electron chi connectivity index (χ0n) is 7.53. The van der Waals surface area contributed by atoms with Gasteiger partial charge in [0, 0.05) is 6.54 Å². The van der Waals surface area contributed by atoms with Crippen LogP contribution in [-0.2, 0) is 0 Å². The van der Waals surface area contributed by atoms with E-state index >= 15 is 0 Å². The van der Waals surface area contributed by atoms with Gasteiger partial charge in [-0.3, -0.25) is 4.79 Å². The van der Waals surface area contributed by atoms with E-state index in [0.717, 1.165) is 0 Å². The molecule has 0 aliphatic rings. The molecule has 6 heteroatoms. The number of carbonyl (C=O) groups excluding carboxylic acids is 1. The topological polar surface area (TPSA) is 90.9 Å². The first kappa shape index (κ1) is 9.66. The molecule has 0 aliphatic heterocycles. The van der Waals surface area contributed by atoms with Crippen LogP contribution in [0.25, 0.3) is 0 Å². The Morgan fingerprint density at radius 3 is 2.92 bits per heavy atom. The number of carbonyl (C=O) groups is 1. The molecule has 0 unspecified atom stereocenters. The molecule has 1 aromatic rings. The average molecular weight is 184 g/mol. The van der Waals surface area contributed by atoms with Crippen LogP contribution in [0.15, 0.2) is 6.20 Å². The Bertz CT molecular complexity index is 275. The van der Waals surface area contributed by atoms with E-state index in [1.807, 2.05) is 0 Å². The molecule has 0 spiro atoms. The van der Waals surface area contributed by atoms with Gasteiger partial charge >= 0.3 is 0 Å². The Kier molecular flexibility index (Phi) is 2.62. The Hall–Kier alpha value is -1.43. The second-order valence-corrected chi connectivity index (χ2v) is 3.35. The van der Waals surface area contributed by atoms with Gasteiger partial charge in [0.15, 0.2) is 5.69 Å². The fraction of sp³-hybridized carbons (Fsp3) is 0.571. The standard InChI is InChI=1S/C7H12N4O2/c1-7(2,13)4-8-6(12)5-3-9-11-10-5/h3,13H,4H2,1-2H3,(H,8,12)(H,9,10,11). The number of hydrogen-bond donors (Lipinski definition) is 3. The maximum Gasteiger partial charge on any atom is 0.273 e. The highest BCUT2D eigenvalue weighted by Gasteiger charge is 2.15. The Morgan fingerprint density at radius 1 is 1.77 bits per heavy atom. The van der Waals surface area contributed by atoms with Crippen molar-refractivity contribution >= 4 is 5.91 Å². The van der Waals surface area contributed by atoms with Gasteiger partial charge in [-0.05, 0) is 13.8 Å². The van der Waals surface area contributed by atoms with Crippen LogP contribution < -0.4 is 5.32 Å². The molecule has 0 atom stereocenters. The molecule has 1 heterocycles. The molecule has 6 nitrogen and oxygen atoms in total. The maximum atomic E-state index is 11.2. The number of aromatic amines is 1. The zero-order chi connectivity index (χ0) is 9.90. The highest BCUT2D eigenvalue weighted by Crippen LogP contribution is 1.98. The van der Waals surface area contributed by atoms with Gasteiger partial charge in [-0.1, -0.05) is 0 Å². The minimum absolute atomic E-state index is 0.179. The van der Waals surface area contributed by atoms with Crippen LogP contribution in [0.2, 0.25) is 0 Å². The molecular weight excluding hydrogens is 172 g/mol. The second kappa shape index (κ2) is 3.53. The summed E-state index contributed by atoms with van der Waals surface area (Å²) < 4.78 is 0. The molecule has 1 amide bonds. The summed E-state index contributed by atoms with van der Waals surface area (Å²) in [5.74, 6) is -0.351. The number of rotatable bonds is 3. The molecule has 1 rings (SSSR count). The SMILES string of the molecule is CC(C)(O)CNC(=O)c1cn[nH]n1. The summed E-state index contributed by atoms with van der Waals surface area (Å²) in [6, 6.07) is 0. The molecule has 0 aliphatic carbocycles. The fourth-order valence-electron chi connectivity index (χ4n) is 0.698. The molecular formula is C7H12N4O2. The van der Waals surface area contributed by atoms with Crippen molar-refractivity contribution in [3.63, 3.8) is 0 Å². The van der Waals surface area contributed by atoms with E-state index in [9.17, 15) is 9.90 Å². The number of aliphatic hydroxyl groups is 1. The second-order valence-electron chi connectivity index (χ2n) is 3.35. The lowest BCUT2D eigenvalue weighted by atomic mass is 10.1. The minimum atomic E-state index is -0.917.